The Morgan fingerprint density at radius 3 is 2.41 bits per heavy atom. The predicted molar refractivity (Wildman–Crippen MR) is 211 cm³/mol. The Kier molecular flexibility index (Phi) is 11.7. The van der Waals surface area contributed by atoms with Crippen LogP contribution in [0.1, 0.15) is 76.8 Å². The van der Waals surface area contributed by atoms with Gasteiger partial charge in [-0.3, -0.25) is 19.3 Å². The van der Waals surface area contributed by atoms with E-state index in [2.05, 4.69) is 16.1 Å². The number of hydroxylamine groups is 1. The summed E-state index contributed by atoms with van der Waals surface area (Å²) < 4.78 is 25.9. The number of alkyl carbamates (subject to hydrolysis) is 1. The molecule has 5 atom stereocenters. The van der Waals surface area contributed by atoms with Crippen LogP contribution in [-0.4, -0.2) is 75.6 Å². The molecule has 3 aromatic carbocycles. The average molecular weight is 796 g/mol. The summed E-state index contributed by atoms with van der Waals surface area (Å²) in [7, 11) is 0. The molecule has 3 aliphatic heterocycles. The second kappa shape index (κ2) is 16.9. The number of fused-ring (bicyclic) bond motifs is 3. The Morgan fingerprint density at radius 1 is 0.914 bits per heavy atom. The molecule has 7 rings (SSSR count). The third kappa shape index (κ3) is 9.27. The Bertz CT molecular complexity index is 2050. The number of carbonyl (C=O) groups excluding carboxylic acids is 5. The molecule has 13 nitrogen and oxygen atoms in total. The zero-order chi connectivity index (χ0) is 41.0. The number of hydrogen-bond acceptors (Lipinski definition) is 8. The van der Waals surface area contributed by atoms with Crippen LogP contribution in [0.25, 0.3) is 11.1 Å². The molecule has 58 heavy (non-hydrogen) atoms. The first-order chi connectivity index (χ1) is 27.8. The topological polar surface area (TPSA) is 156 Å². The van der Waals surface area contributed by atoms with Crippen molar-refractivity contribution < 1.29 is 42.7 Å². The first kappa shape index (κ1) is 40.3. The van der Waals surface area contributed by atoms with Crippen molar-refractivity contribution in [3.63, 3.8) is 0 Å². The summed E-state index contributed by atoms with van der Waals surface area (Å²) in [6, 6.07) is 19.5. The monoisotopic (exact) mass is 795 g/mol. The molecule has 0 radical (unpaired) electrons. The molecule has 4 aliphatic rings. The van der Waals surface area contributed by atoms with Gasteiger partial charge in [0.1, 0.15) is 35.1 Å². The molecule has 2 fully saturated rings. The summed E-state index contributed by atoms with van der Waals surface area (Å²) in [5, 5.41) is 5.67. The van der Waals surface area contributed by atoms with E-state index in [0.717, 1.165) is 30.4 Å². The number of hydrogen-bond donors (Lipinski definition) is 3. The molecular weight excluding hydrogens is 746 g/mol. The lowest BCUT2D eigenvalue weighted by Gasteiger charge is -2.30. The minimum absolute atomic E-state index is 0.0216. The maximum absolute atomic E-state index is 14.5. The minimum Gasteiger partial charge on any atom is -0.444 e. The van der Waals surface area contributed by atoms with Gasteiger partial charge in [-0.2, -0.15) is 5.48 Å². The normalized spacial score (nSPS) is 24.6. The first-order valence-electron chi connectivity index (χ1n) is 19.9. The second-order valence-corrected chi connectivity index (χ2v) is 16.4. The number of nitrogens with zero attached hydrogens (tertiary/aromatic N) is 2. The van der Waals surface area contributed by atoms with Gasteiger partial charge in [0.15, 0.2) is 5.75 Å². The molecule has 0 aromatic heterocycles. The molecule has 5 amide bonds. The van der Waals surface area contributed by atoms with Gasteiger partial charge in [0.2, 0.25) is 11.8 Å². The Hall–Kier alpha value is -5.92. The molecule has 0 unspecified atom stereocenters. The van der Waals surface area contributed by atoms with Gasteiger partial charge < -0.3 is 29.8 Å². The fourth-order valence-corrected chi connectivity index (χ4v) is 7.88. The third-order valence-electron chi connectivity index (χ3n) is 11.0. The molecule has 306 valence electrons. The van der Waals surface area contributed by atoms with E-state index in [0.29, 0.717) is 29.7 Å². The third-order valence-corrected chi connectivity index (χ3v) is 11.0. The Morgan fingerprint density at radius 2 is 1.67 bits per heavy atom. The van der Waals surface area contributed by atoms with Crippen LogP contribution in [0.3, 0.4) is 0 Å². The smallest absolute Gasteiger partial charge is 0.410 e. The summed E-state index contributed by atoms with van der Waals surface area (Å²) in [4.78, 5) is 77.6. The van der Waals surface area contributed by atoms with E-state index in [4.69, 9.17) is 14.3 Å². The zero-order valence-corrected chi connectivity index (χ0v) is 33.0. The molecule has 1 aliphatic carbocycles. The van der Waals surface area contributed by atoms with Crippen molar-refractivity contribution in [2.75, 3.05) is 6.54 Å². The first-order valence-corrected chi connectivity index (χ1v) is 19.9. The van der Waals surface area contributed by atoms with Crippen LogP contribution in [0.15, 0.2) is 84.9 Å². The van der Waals surface area contributed by atoms with E-state index in [1.54, 1.807) is 45.0 Å². The van der Waals surface area contributed by atoms with Gasteiger partial charge >= 0.3 is 12.2 Å². The van der Waals surface area contributed by atoms with Crippen LogP contribution in [0.5, 0.6) is 5.75 Å². The van der Waals surface area contributed by atoms with Crippen molar-refractivity contribution in [3.8, 4) is 16.9 Å². The summed E-state index contributed by atoms with van der Waals surface area (Å²) >= 11 is 0. The number of halogens is 1. The quantitative estimate of drug-likeness (QED) is 0.194. The zero-order valence-electron chi connectivity index (χ0n) is 33.0. The number of nitrogens with one attached hydrogen (secondary N) is 3. The van der Waals surface area contributed by atoms with Gasteiger partial charge in [0.25, 0.3) is 5.91 Å². The van der Waals surface area contributed by atoms with Crippen LogP contribution in [0.2, 0.25) is 0 Å². The maximum atomic E-state index is 14.5. The average Bonchev–Trinajstić information content (AvgIpc) is 3.47. The lowest BCUT2D eigenvalue weighted by Crippen LogP contribution is -2.58. The highest BCUT2D eigenvalue weighted by Gasteiger charge is 2.61. The molecule has 14 heteroatoms. The SMILES string of the molecule is CC(C)(C)OC(=O)N[C@H]1CCCCCC=C[C@@H]2C[C@@]2(C(=O)NOc2ccc(-c3ccccc3)cc2)NC(=O)[C@@H]2C[C@@H](OC(=O)N3Cc4cccc(F)c4C3)CN2C1=O. The van der Waals surface area contributed by atoms with Crippen molar-refractivity contribution >= 4 is 29.9 Å². The van der Waals surface area contributed by atoms with Crippen molar-refractivity contribution in [2.24, 2.45) is 5.92 Å². The Balaban J connectivity index is 1.10. The van der Waals surface area contributed by atoms with Crippen molar-refractivity contribution in [1.82, 2.24) is 25.9 Å². The van der Waals surface area contributed by atoms with Gasteiger partial charge in [0, 0.05) is 24.4 Å². The highest BCUT2D eigenvalue weighted by molar-refractivity contribution is 5.98. The lowest BCUT2D eigenvalue weighted by molar-refractivity contribution is -0.142. The van der Waals surface area contributed by atoms with Crippen LogP contribution in [0, 0.1) is 11.7 Å². The molecule has 3 heterocycles. The highest BCUT2D eigenvalue weighted by atomic mass is 19.1. The van der Waals surface area contributed by atoms with Crippen molar-refractivity contribution in [3.05, 3.63) is 102 Å². The number of benzene rings is 3. The molecular formula is C44H50FN5O8. The molecule has 1 saturated carbocycles. The van der Waals surface area contributed by atoms with Gasteiger partial charge in [-0.25, -0.2) is 14.0 Å². The molecule has 1 saturated heterocycles. The summed E-state index contributed by atoms with van der Waals surface area (Å²) in [6.07, 6.45) is 4.93. The number of carbonyl (C=O) groups is 5. The van der Waals surface area contributed by atoms with Gasteiger partial charge in [-0.15, -0.1) is 0 Å². The number of ether oxygens (including phenoxy) is 2. The van der Waals surface area contributed by atoms with Crippen LogP contribution >= 0.6 is 0 Å². The van der Waals surface area contributed by atoms with E-state index in [1.165, 1.54) is 15.9 Å². The Labute approximate surface area is 337 Å². The number of allylic oxidation sites excluding steroid dienone is 1. The summed E-state index contributed by atoms with van der Waals surface area (Å²) in [5.74, 6) is -2.08. The predicted octanol–water partition coefficient (Wildman–Crippen LogP) is 6.31. The van der Waals surface area contributed by atoms with Crippen LogP contribution in [-0.2, 0) is 36.9 Å². The summed E-state index contributed by atoms with van der Waals surface area (Å²) in [6.45, 7) is 5.18. The molecule has 3 N–H and O–H groups in total. The van der Waals surface area contributed by atoms with E-state index >= 15 is 0 Å². The minimum atomic E-state index is -1.37. The number of rotatable bonds is 6. The molecule has 0 spiro atoms. The number of amides is 5. The van der Waals surface area contributed by atoms with Gasteiger partial charge in [-0.05, 0) is 81.3 Å². The van der Waals surface area contributed by atoms with Crippen LogP contribution < -0.4 is 21.0 Å². The van der Waals surface area contributed by atoms with E-state index in [9.17, 15) is 28.4 Å². The molecule has 0 bridgehead atoms. The standard InChI is InChI=1S/C44H50FN5O8/c1-43(2,3)57-41(54)46-36-18-11-6-4-5-10-16-31-24-44(31,40(53)48-58-32-21-19-29(20-22-32)28-13-8-7-9-14-28)47-38(51)37-23-33(26-50(37)39(36)52)56-42(55)49-25-30-15-12-17-35(45)34(30)27-49/h7-10,12-17,19-22,31,33,36-37H,4-6,11,18,23-27H2,1-3H3,(H,46,54)(H,47,51)(H,48,53)/t31-,33-,36+,37+,44-/m1/s1. The van der Waals surface area contributed by atoms with Crippen molar-refractivity contribution in [2.45, 2.75) is 108 Å². The van der Waals surface area contributed by atoms with Gasteiger partial charge in [-0.1, -0.05) is 79.6 Å². The van der Waals surface area contributed by atoms with Crippen molar-refractivity contribution in [1.29, 1.82) is 0 Å². The van der Waals surface area contributed by atoms with E-state index in [1.807, 2.05) is 54.6 Å². The fourth-order valence-electron chi connectivity index (χ4n) is 7.88. The highest BCUT2D eigenvalue weighted by Crippen LogP contribution is 2.45. The van der Waals surface area contributed by atoms with E-state index < -0.39 is 65.1 Å². The second-order valence-electron chi connectivity index (χ2n) is 16.4. The lowest BCUT2D eigenvalue weighted by atomic mass is 10.0. The molecule has 3 aromatic rings. The van der Waals surface area contributed by atoms with E-state index in [-0.39, 0.29) is 38.4 Å². The van der Waals surface area contributed by atoms with Gasteiger partial charge in [0.05, 0.1) is 13.1 Å². The van der Waals surface area contributed by atoms with Crippen LogP contribution in [0.4, 0.5) is 14.0 Å². The fraction of sp³-hybridized carbons (Fsp3) is 0.432. The summed E-state index contributed by atoms with van der Waals surface area (Å²) in [5.41, 5.74) is 3.43. The maximum Gasteiger partial charge on any atom is 0.410 e. The largest absolute Gasteiger partial charge is 0.444 e.